The van der Waals surface area contributed by atoms with Gasteiger partial charge in [-0.25, -0.2) is 8.93 Å². The van der Waals surface area contributed by atoms with E-state index in [1.165, 1.54) is 5.56 Å². The minimum Gasteiger partial charge on any atom is -0.243 e. The van der Waals surface area contributed by atoms with Crippen molar-refractivity contribution in [3.8, 4) is 0 Å². The molecule has 1 aromatic carbocycles. The van der Waals surface area contributed by atoms with Gasteiger partial charge in [0.15, 0.2) is 0 Å². The molecular weight excluding hydrogens is 170 g/mol. The van der Waals surface area contributed by atoms with Gasteiger partial charge in [-0.15, -0.1) is 0 Å². The molecule has 0 amide bonds. The first-order valence-corrected chi connectivity index (χ1v) is 5.25. The third kappa shape index (κ3) is 7.44. The average molecular weight is 185 g/mol. The van der Waals surface area contributed by atoms with E-state index in [4.69, 9.17) is 0 Å². The second-order valence-corrected chi connectivity index (χ2v) is 3.63. The van der Waals surface area contributed by atoms with E-state index in [0.29, 0.717) is 0 Å². The van der Waals surface area contributed by atoms with Crippen LogP contribution in [0.15, 0.2) is 30.3 Å². The molecule has 3 heteroatoms. The summed E-state index contributed by atoms with van der Waals surface area (Å²) in [6.45, 7) is 2.08. The SMILES string of the molecule is CNS(C)=O.Cc1ccccc1. The van der Waals surface area contributed by atoms with E-state index in [-0.39, 0.29) is 0 Å². The van der Waals surface area contributed by atoms with E-state index in [0.717, 1.165) is 0 Å². The Morgan fingerprint density at radius 3 is 1.83 bits per heavy atom. The van der Waals surface area contributed by atoms with Crippen molar-refractivity contribution < 1.29 is 4.21 Å². The van der Waals surface area contributed by atoms with E-state index in [1.54, 1.807) is 13.3 Å². The molecule has 0 aromatic heterocycles. The van der Waals surface area contributed by atoms with Crippen molar-refractivity contribution in [2.45, 2.75) is 6.92 Å². The molecule has 0 heterocycles. The van der Waals surface area contributed by atoms with Gasteiger partial charge in [0, 0.05) is 6.26 Å². The van der Waals surface area contributed by atoms with Crippen LogP contribution in [-0.2, 0) is 11.0 Å². The smallest absolute Gasteiger partial charge is 0.0880 e. The van der Waals surface area contributed by atoms with Gasteiger partial charge < -0.3 is 0 Å². The van der Waals surface area contributed by atoms with E-state index in [1.807, 2.05) is 18.2 Å². The summed E-state index contributed by atoms with van der Waals surface area (Å²) in [7, 11) is 0.826. The maximum Gasteiger partial charge on any atom is 0.0880 e. The highest BCUT2D eigenvalue weighted by Gasteiger charge is 1.72. The zero-order valence-electron chi connectivity index (χ0n) is 7.70. The molecule has 1 atom stereocenters. The van der Waals surface area contributed by atoms with E-state index >= 15 is 0 Å². The first kappa shape index (κ1) is 11.3. The fraction of sp³-hybridized carbons (Fsp3) is 0.333. The summed E-state index contributed by atoms with van der Waals surface area (Å²) >= 11 is 0. The van der Waals surface area contributed by atoms with Crippen molar-refractivity contribution >= 4 is 11.0 Å². The van der Waals surface area contributed by atoms with Gasteiger partial charge in [0.2, 0.25) is 0 Å². The zero-order chi connectivity index (χ0) is 9.40. The topological polar surface area (TPSA) is 29.1 Å². The normalized spacial score (nSPS) is 11.2. The molecule has 0 radical (unpaired) electrons. The Hall–Kier alpha value is -0.670. The Morgan fingerprint density at radius 2 is 1.67 bits per heavy atom. The predicted molar refractivity (Wildman–Crippen MR) is 54.3 cm³/mol. The van der Waals surface area contributed by atoms with E-state index in [9.17, 15) is 4.21 Å². The molecular formula is C9H15NOS. The standard InChI is InChI=1S/C7H8.C2H7NOS/c1-7-5-3-2-4-6-7;1-3-5(2)4/h2-6H,1H3;3H,1-2H3. The molecule has 1 rings (SSSR count). The number of aryl methyl sites for hydroxylation is 1. The summed E-state index contributed by atoms with van der Waals surface area (Å²) in [6, 6.07) is 10.3. The lowest BCUT2D eigenvalue weighted by Crippen LogP contribution is -2.06. The van der Waals surface area contributed by atoms with Gasteiger partial charge in [-0.2, -0.15) is 0 Å². The molecule has 68 valence electrons. The highest BCUT2D eigenvalue weighted by Crippen LogP contribution is 1.92. The molecule has 1 aromatic rings. The second kappa shape index (κ2) is 7.00. The predicted octanol–water partition coefficient (Wildman–Crippen LogP) is 1.49. The van der Waals surface area contributed by atoms with Gasteiger partial charge in [-0.3, -0.25) is 0 Å². The number of hydrogen-bond donors (Lipinski definition) is 1. The molecule has 12 heavy (non-hydrogen) atoms. The molecule has 0 fully saturated rings. The Labute approximate surface area is 76.6 Å². The van der Waals surface area contributed by atoms with Crippen molar-refractivity contribution in [1.82, 2.24) is 4.72 Å². The van der Waals surface area contributed by atoms with Gasteiger partial charge in [0.1, 0.15) is 0 Å². The summed E-state index contributed by atoms with van der Waals surface area (Å²) < 4.78 is 12.3. The monoisotopic (exact) mass is 185 g/mol. The lowest BCUT2D eigenvalue weighted by molar-refractivity contribution is 0.682. The van der Waals surface area contributed by atoms with Gasteiger partial charge in [-0.1, -0.05) is 35.9 Å². The van der Waals surface area contributed by atoms with Crippen LogP contribution < -0.4 is 4.72 Å². The van der Waals surface area contributed by atoms with Crippen LogP contribution in [0.4, 0.5) is 0 Å². The molecule has 0 bridgehead atoms. The number of hydrogen-bond acceptors (Lipinski definition) is 1. The maximum atomic E-state index is 9.81. The first-order chi connectivity index (χ1) is 5.66. The summed E-state index contributed by atoms with van der Waals surface area (Å²) in [5, 5.41) is 0. The number of rotatable bonds is 1. The van der Waals surface area contributed by atoms with Crippen molar-refractivity contribution in [2.24, 2.45) is 0 Å². The van der Waals surface area contributed by atoms with Crippen molar-refractivity contribution in [3.05, 3.63) is 35.9 Å². The van der Waals surface area contributed by atoms with Crippen LogP contribution >= 0.6 is 0 Å². The molecule has 1 unspecified atom stereocenters. The van der Waals surface area contributed by atoms with Crippen molar-refractivity contribution in [2.75, 3.05) is 13.3 Å². The lowest BCUT2D eigenvalue weighted by atomic mass is 10.2. The largest absolute Gasteiger partial charge is 0.243 e. The summed E-state index contributed by atoms with van der Waals surface area (Å²) in [4.78, 5) is 0. The molecule has 1 N–H and O–H groups in total. The molecule has 0 aliphatic heterocycles. The van der Waals surface area contributed by atoms with Crippen LogP contribution in [0.25, 0.3) is 0 Å². The van der Waals surface area contributed by atoms with Crippen LogP contribution in [0.3, 0.4) is 0 Å². The van der Waals surface area contributed by atoms with Crippen LogP contribution in [0.2, 0.25) is 0 Å². The van der Waals surface area contributed by atoms with Crippen LogP contribution in [0.1, 0.15) is 5.56 Å². The van der Waals surface area contributed by atoms with Crippen molar-refractivity contribution in [1.29, 1.82) is 0 Å². The Balaban J connectivity index is 0.000000217. The molecule has 2 nitrogen and oxygen atoms in total. The highest BCUT2D eigenvalue weighted by molar-refractivity contribution is 7.82. The fourth-order valence-electron chi connectivity index (χ4n) is 0.534. The Kier molecular flexibility index (Phi) is 6.61. The molecule has 0 aliphatic rings. The van der Waals surface area contributed by atoms with Crippen LogP contribution in [-0.4, -0.2) is 17.5 Å². The van der Waals surface area contributed by atoms with E-state index < -0.39 is 11.0 Å². The van der Waals surface area contributed by atoms with Crippen LogP contribution in [0.5, 0.6) is 0 Å². The first-order valence-electron chi connectivity index (χ1n) is 3.69. The second-order valence-electron chi connectivity index (χ2n) is 2.31. The lowest BCUT2D eigenvalue weighted by Gasteiger charge is -1.82. The average Bonchev–Trinajstić information content (AvgIpc) is 2.07. The quantitative estimate of drug-likeness (QED) is 0.705. The minimum atomic E-state index is -0.823. The number of nitrogens with one attached hydrogen (secondary N) is 1. The molecule has 0 saturated carbocycles. The molecule has 0 aliphatic carbocycles. The third-order valence-corrected chi connectivity index (χ3v) is 1.80. The summed E-state index contributed by atoms with van der Waals surface area (Å²) in [5.74, 6) is 0. The minimum absolute atomic E-state index is 0.823. The van der Waals surface area contributed by atoms with Crippen LogP contribution in [0, 0.1) is 6.92 Å². The maximum absolute atomic E-state index is 9.81. The molecule has 0 spiro atoms. The van der Waals surface area contributed by atoms with Gasteiger partial charge in [0.25, 0.3) is 0 Å². The van der Waals surface area contributed by atoms with Gasteiger partial charge in [-0.05, 0) is 14.0 Å². The van der Waals surface area contributed by atoms with Crippen molar-refractivity contribution in [3.63, 3.8) is 0 Å². The molecule has 0 saturated heterocycles. The zero-order valence-corrected chi connectivity index (χ0v) is 8.52. The van der Waals surface area contributed by atoms with Gasteiger partial charge in [0.05, 0.1) is 11.0 Å². The third-order valence-electron chi connectivity index (χ3n) is 1.23. The Bertz CT molecular complexity index is 223. The highest BCUT2D eigenvalue weighted by atomic mass is 32.2. The summed E-state index contributed by atoms with van der Waals surface area (Å²) in [5.41, 5.74) is 1.32. The fourth-order valence-corrected chi connectivity index (χ4v) is 0.534. The number of benzene rings is 1. The van der Waals surface area contributed by atoms with E-state index in [2.05, 4.69) is 23.8 Å². The summed E-state index contributed by atoms with van der Waals surface area (Å²) in [6.07, 6.45) is 1.58. The Morgan fingerprint density at radius 1 is 1.25 bits per heavy atom. The van der Waals surface area contributed by atoms with Gasteiger partial charge >= 0.3 is 0 Å².